The Balaban J connectivity index is 2.07. The Hall–Kier alpha value is -1.66. The third-order valence-corrected chi connectivity index (χ3v) is 3.40. The molecule has 0 aromatic carbocycles. The number of ether oxygens (including phenoxy) is 1. The lowest BCUT2D eigenvalue weighted by Crippen LogP contribution is -2.37. The standard InChI is InChI=1S/C13H19N3O3/c1-8-4-5-11(17)12(14-8)15-13(18)10-6-9(19-3)7-16(10)2/h4-5,9-10,17H,6-7H2,1-3H3,(H,14,15,18)/t9-,10-/m0/s1. The van der Waals surface area contributed by atoms with Crippen LogP contribution in [0.1, 0.15) is 12.1 Å². The molecule has 0 bridgehead atoms. The number of likely N-dealkylation sites (tertiary alicyclic amines) is 1. The first-order valence-electron chi connectivity index (χ1n) is 6.21. The minimum Gasteiger partial charge on any atom is -0.504 e. The quantitative estimate of drug-likeness (QED) is 0.843. The number of likely N-dealkylation sites (N-methyl/N-ethyl adjacent to an activating group) is 1. The fourth-order valence-corrected chi connectivity index (χ4v) is 2.27. The smallest absolute Gasteiger partial charge is 0.243 e. The van der Waals surface area contributed by atoms with Crippen LogP contribution in [0, 0.1) is 6.92 Å². The zero-order chi connectivity index (χ0) is 14.0. The van der Waals surface area contributed by atoms with E-state index in [4.69, 9.17) is 4.74 Å². The summed E-state index contributed by atoms with van der Waals surface area (Å²) < 4.78 is 5.27. The van der Waals surface area contributed by atoms with Gasteiger partial charge in [-0.05, 0) is 32.5 Å². The Bertz CT molecular complexity index is 478. The molecule has 0 spiro atoms. The molecule has 1 saturated heterocycles. The molecule has 2 N–H and O–H groups in total. The Kier molecular flexibility index (Phi) is 4.01. The molecule has 0 unspecified atom stereocenters. The van der Waals surface area contributed by atoms with E-state index < -0.39 is 0 Å². The number of aromatic nitrogens is 1. The van der Waals surface area contributed by atoms with Crippen molar-refractivity contribution in [3.8, 4) is 5.75 Å². The topological polar surface area (TPSA) is 74.7 Å². The summed E-state index contributed by atoms with van der Waals surface area (Å²) >= 11 is 0. The fourth-order valence-electron chi connectivity index (χ4n) is 2.27. The summed E-state index contributed by atoms with van der Waals surface area (Å²) in [6.07, 6.45) is 0.714. The minimum absolute atomic E-state index is 0.0251. The largest absolute Gasteiger partial charge is 0.504 e. The summed E-state index contributed by atoms with van der Waals surface area (Å²) in [5.74, 6) is 0.0117. The number of anilines is 1. The minimum atomic E-state index is -0.258. The van der Waals surface area contributed by atoms with E-state index >= 15 is 0 Å². The van der Waals surface area contributed by atoms with Crippen LogP contribution in [0.4, 0.5) is 5.82 Å². The third-order valence-electron chi connectivity index (χ3n) is 3.40. The van der Waals surface area contributed by atoms with Gasteiger partial charge in [0, 0.05) is 19.3 Å². The molecule has 1 aliphatic rings. The average Bonchev–Trinajstić information content (AvgIpc) is 2.75. The lowest BCUT2D eigenvalue weighted by molar-refractivity contribution is -0.120. The second-order valence-electron chi connectivity index (χ2n) is 4.86. The first-order valence-corrected chi connectivity index (χ1v) is 6.21. The van der Waals surface area contributed by atoms with Gasteiger partial charge in [-0.15, -0.1) is 0 Å². The average molecular weight is 265 g/mol. The molecule has 1 aromatic heterocycles. The van der Waals surface area contributed by atoms with Crippen molar-refractivity contribution in [3.63, 3.8) is 0 Å². The molecule has 1 amide bonds. The highest BCUT2D eigenvalue weighted by Crippen LogP contribution is 2.23. The Labute approximate surface area is 112 Å². The molecule has 0 radical (unpaired) electrons. The SMILES string of the molecule is CO[C@H]1C[C@@H](C(=O)Nc2nc(C)ccc2O)N(C)C1. The van der Waals surface area contributed by atoms with Crippen molar-refractivity contribution >= 4 is 11.7 Å². The Morgan fingerprint density at radius 2 is 2.32 bits per heavy atom. The summed E-state index contributed by atoms with van der Waals surface area (Å²) in [5, 5.41) is 12.3. The van der Waals surface area contributed by atoms with Crippen LogP contribution < -0.4 is 5.32 Å². The van der Waals surface area contributed by atoms with E-state index in [1.54, 1.807) is 20.1 Å². The normalized spacial score (nSPS) is 23.5. The van der Waals surface area contributed by atoms with Gasteiger partial charge in [0.05, 0.1) is 12.1 Å². The third kappa shape index (κ3) is 3.02. The lowest BCUT2D eigenvalue weighted by Gasteiger charge is -2.18. The van der Waals surface area contributed by atoms with E-state index in [-0.39, 0.29) is 29.6 Å². The predicted octanol–water partition coefficient (Wildman–Crippen LogP) is 0.753. The highest BCUT2D eigenvalue weighted by atomic mass is 16.5. The molecule has 2 heterocycles. The summed E-state index contributed by atoms with van der Waals surface area (Å²) in [5.41, 5.74) is 0.739. The second-order valence-corrected chi connectivity index (χ2v) is 4.86. The Morgan fingerprint density at radius 3 is 2.95 bits per heavy atom. The molecule has 0 aliphatic carbocycles. The van der Waals surface area contributed by atoms with Crippen molar-refractivity contribution in [2.45, 2.75) is 25.5 Å². The Morgan fingerprint density at radius 1 is 1.58 bits per heavy atom. The number of pyridine rings is 1. The summed E-state index contributed by atoms with van der Waals surface area (Å²) in [6.45, 7) is 2.53. The monoisotopic (exact) mass is 265 g/mol. The van der Waals surface area contributed by atoms with Crippen LogP contribution >= 0.6 is 0 Å². The van der Waals surface area contributed by atoms with Gasteiger partial charge in [0.25, 0.3) is 0 Å². The molecular weight excluding hydrogens is 246 g/mol. The van der Waals surface area contributed by atoms with Crippen LogP contribution in [0.15, 0.2) is 12.1 Å². The number of aromatic hydroxyl groups is 1. The van der Waals surface area contributed by atoms with Crippen molar-refractivity contribution in [1.29, 1.82) is 0 Å². The van der Waals surface area contributed by atoms with Crippen molar-refractivity contribution in [3.05, 3.63) is 17.8 Å². The van der Waals surface area contributed by atoms with Crippen LogP contribution in [0.5, 0.6) is 5.75 Å². The summed E-state index contributed by atoms with van der Waals surface area (Å²) in [7, 11) is 3.53. The van der Waals surface area contributed by atoms with E-state index in [1.165, 1.54) is 6.07 Å². The van der Waals surface area contributed by atoms with Crippen LogP contribution in [0.2, 0.25) is 0 Å². The molecule has 1 aromatic rings. The fraction of sp³-hybridized carbons (Fsp3) is 0.538. The van der Waals surface area contributed by atoms with Crippen LogP contribution in [-0.2, 0) is 9.53 Å². The van der Waals surface area contributed by atoms with E-state index in [2.05, 4.69) is 10.3 Å². The first kappa shape index (κ1) is 13.8. The maximum atomic E-state index is 12.2. The second kappa shape index (κ2) is 5.54. The molecule has 0 saturated carbocycles. The summed E-state index contributed by atoms with van der Waals surface area (Å²) in [6, 6.07) is 2.95. The van der Waals surface area contributed by atoms with Gasteiger partial charge in [-0.3, -0.25) is 9.69 Å². The van der Waals surface area contributed by atoms with Crippen molar-refractivity contribution < 1.29 is 14.6 Å². The molecule has 6 heteroatoms. The molecule has 2 atom stereocenters. The number of carbonyl (C=O) groups excluding carboxylic acids is 1. The number of methoxy groups -OCH3 is 1. The van der Waals surface area contributed by atoms with Crippen molar-refractivity contribution in [1.82, 2.24) is 9.88 Å². The van der Waals surface area contributed by atoms with Gasteiger partial charge in [0.1, 0.15) is 0 Å². The van der Waals surface area contributed by atoms with Gasteiger partial charge >= 0.3 is 0 Å². The number of carbonyl (C=O) groups is 1. The zero-order valence-corrected chi connectivity index (χ0v) is 11.4. The predicted molar refractivity (Wildman–Crippen MR) is 71.1 cm³/mol. The lowest BCUT2D eigenvalue weighted by atomic mass is 10.2. The molecule has 104 valence electrons. The first-order chi connectivity index (χ1) is 9.01. The maximum Gasteiger partial charge on any atom is 0.243 e. The summed E-state index contributed by atoms with van der Waals surface area (Å²) in [4.78, 5) is 18.2. The molecule has 1 fully saturated rings. The van der Waals surface area contributed by atoms with Crippen LogP contribution in [0.25, 0.3) is 0 Å². The number of nitrogens with one attached hydrogen (secondary N) is 1. The number of amides is 1. The van der Waals surface area contributed by atoms with Gasteiger partial charge in [-0.2, -0.15) is 0 Å². The molecular formula is C13H19N3O3. The van der Waals surface area contributed by atoms with Crippen LogP contribution in [0.3, 0.4) is 0 Å². The molecule has 2 rings (SSSR count). The highest BCUT2D eigenvalue weighted by molar-refractivity contribution is 5.95. The highest BCUT2D eigenvalue weighted by Gasteiger charge is 2.34. The number of hydrogen-bond donors (Lipinski definition) is 2. The number of aryl methyl sites for hydroxylation is 1. The van der Waals surface area contributed by atoms with Gasteiger partial charge in [-0.1, -0.05) is 0 Å². The van der Waals surface area contributed by atoms with Crippen LogP contribution in [-0.4, -0.2) is 53.7 Å². The van der Waals surface area contributed by atoms with E-state index in [9.17, 15) is 9.90 Å². The zero-order valence-electron chi connectivity index (χ0n) is 11.4. The molecule has 6 nitrogen and oxygen atoms in total. The number of rotatable bonds is 3. The maximum absolute atomic E-state index is 12.2. The van der Waals surface area contributed by atoms with Gasteiger partial charge in [-0.25, -0.2) is 4.98 Å². The van der Waals surface area contributed by atoms with Crippen molar-refractivity contribution in [2.75, 3.05) is 26.0 Å². The number of hydrogen-bond acceptors (Lipinski definition) is 5. The van der Waals surface area contributed by atoms with E-state index in [0.29, 0.717) is 6.42 Å². The van der Waals surface area contributed by atoms with E-state index in [1.807, 2.05) is 11.9 Å². The van der Waals surface area contributed by atoms with Gasteiger partial charge in [0.2, 0.25) is 5.91 Å². The van der Waals surface area contributed by atoms with Crippen molar-refractivity contribution in [2.24, 2.45) is 0 Å². The van der Waals surface area contributed by atoms with Gasteiger partial charge in [0.15, 0.2) is 11.6 Å². The molecule has 1 aliphatic heterocycles. The van der Waals surface area contributed by atoms with Gasteiger partial charge < -0.3 is 15.2 Å². The van der Waals surface area contributed by atoms with E-state index in [0.717, 1.165) is 12.2 Å². The molecule has 19 heavy (non-hydrogen) atoms. The number of nitrogens with zero attached hydrogens (tertiary/aromatic N) is 2.